The van der Waals surface area contributed by atoms with Crippen molar-refractivity contribution in [2.45, 2.75) is 57.5 Å². The number of carbonyl (C=O) groups is 1. The van der Waals surface area contributed by atoms with Crippen LogP contribution in [0.5, 0.6) is 0 Å². The van der Waals surface area contributed by atoms with Crippen LogP contribution in [0.4, 0.5) is 14.5 Å². The lowest BCUT2D eigenvalue weighted by Crippen LogP contribution is -2.16. The Bertz CT molecular complexity index is 650. The summed E-state index contributed by atoms with van der Waals surface area (Å²) >= 11 is 2.56. The molecule has 26 heavy (non-hydrogen) atoms. The normalized spacial score (nSPS) is 14.2. The van der Waals surface area contributed by atoms with Gasteiger partial charge in [0.1, 0.15) is 0 Å². The van der Waals surface area contributed by atoms with Gasteiger partial charge >= 0.3 is 0 Å². The van der Waals surface area contributed by atoms with Gasteiger partial charge in [-0.2, -0.15) is 11.8 Å². The highest BCUT2D eigenvalue weighted by Gasteiger charge is 2.18. The highest BCUT2D eigenvalue weighted by Crippen LogP contribution is 2.37. The zero-order valence-electron chi connectivity index (χ0n) is 15.5. The second-order valence-corrected chi connectivity index (χ2v) is 8.98. The molecular weight excluding hydrogens is 374 g/mol. The van der Waals surface area contributed by atoms with Gasteiger partial charge in [-0.3, -0.25) is 10.2 Å². The minimum atomic E-state index is -2.75. The monoisotopic (exact) mass is 400 g/mol. The third kappa shape index (κ3) is 7.91. The molecule has 1 aromatic rings. The Morgan fingerprint density at radius 3 is 2.54 bits per heavy atom. The van der Waals surface area contributed by atoms with Crippen LogP contribution in [0.1, 0.15) is 51.3 Å². The van der Waals surface area contributed by atoms with Crippen LogP contribution in [0.25, 0.3) is 0 Å². The molecule has 0 heterocycles. The fourth-order valence-corrected chi connectivity index (χ4v) is 4.55. The highest BCUT2D eigenvalue weighted by atomic mass is 32.2. The number of para-hydroxylation sites is 1. The van der Waals surface area contributed by atoms with E-state index in [0.29, 0.717) is 17.0 Å². The van der Waals surface area contributed by atoms with Gasteiger partial charge in [0.2, 0.25) is 0 Å². The Morgan fingerprint density at radius 2 is 1.96 bits per heavy atom. The molecule has 0 fully saturated rings. The molecule has 0 bridgehead atoms. The number of hydrogen-bond donors (Lipinski definition) is 2. The van der Waals surface area contributed by atoms with Gasteiger partial charge in [-0.15, -0.1) is 0 Å². The molecule has 2 N–H and O–H groups in total. The molecule has 0 aromatic heterocycles. The number of carbonyl (C=O) groups excluding carboxylic acids is 1. The van der Waals surface area contributed by atoms with Crippen molar-refractivity contribution >= 4 is 40.2 Å². The van der Waals surface area contributed by atoms with E-state index in [9.17, 15) is 13.6 Å². The summed E-state index contributed by atoms with van der Waals surface area (Å²) in [6.07, 6.45) is 0.0610. The second kappa shape index (κ2) is 11.4. The van der Waals surface area contributed by atoms with E-state index in [1.807, 2.05) is 23.9 Å². The molecule has 0 aliphatic carbocycles. The van der Waals surface area contributed by atoms with E-state index >= 15 is 0 Å². The zero-order valence-corrected chi connectivity index (χ0v) is 17.1. The third-order valence-corrected chi connectivity index (χ3v) is 5.75. The van der Waals surface area contributed by atoms with Gasteiger partial charge in [-0.25, -0.2) is 8.78 Å². The van der Waals surface area contributed by atoms with Gasteiger partial charge in [-0.05, 0) is 31.9 Å². The molecule has 2 unspecified atom stereocenters. The van der Waals surface area contributed by atoms with Crippen molar-refractivity contribution in [3.05, 3.63) is 40.8 Å². The van der Waals surface area contributed by atoms with Gasteiger partial charge in [-0.1, -0.05) is 50.2 Å². The van der Waals surface area contributed by atoms with Gasteiger partial charge in [0.15, 0.2) is 0 Å². The summed E-state index contributed by atoms with van der Waals surface area (Å²) in [5.74, 6) is -0.617. The summed E-state index contributed by atoms with van der Waals surface area (Å²) in [6.45, 7) is 7.86. The number of allylic oxidation sites excluding steroid dienone is 1. The maximum absolute atomic E-state index is 12.7. The molecule has 1 aromatic carbocycles. The molecule has 3 nitrogen and oxygen atoms in total. The fourth-order valence-electron chi connectivity index (χ4n) is 2.48. The molecule has 0 spiro atoms. The molecule has 0 saturated carbocycles. The molecular formula is C19H26F2N2OS2. The van der Waals surface area contributed by atoms with Gasteiger partial charge in [0.05, 0.1) is 9.95 Å². The maximum atomic E-state index is 12.7. The number of thioether (sulfide) groups is 2. The van der Waals surface area contributed by atoms with Crippen molar-refractivity contribution in [1.82, 2.24) is 0 Å². The Hall–Kier alpha value is -1.34. The molecule has 1 rings (SSSR count). The first-order valence-electron chi connectivity index (χ1n) is 8.53. The summed E-state index contributed by atoms with van der Waals surface area (Å²) in [5, 5.41) is 10.9. The largest absolute Gasteiger partial charge is 0.321 e. The molecule has 2 atom stereocenters. The van der Waals surface area contributed by atoms with Crippen LogP contribution in [-0.4, -0.2) is 22.6 Å². The molecule has 144 valence electrons. The summed E-state index contributed by atoms with van der Waals surface area (Å²) in [7, 11) is 0. The van der Waals surface area contributed by atoms with Crippen molar-refractivity contribution in [2.24, 2.45) is 0 Å². The predicted molar refractivity (Wildman–Crippen MR) is 111 cm³/mol. The van der Waals surface area contributed by atoms with E-state index in [1.54, 1.807) is 12.1 Å². The molecule has 1 amide bonds. The number of amides is 1. The lowest BCUT2D eigenvalue weighted by Gasteiger charge is -2.20. The first-order valence-corrected chi connectivity index (χ1v) is 10.3. The summed E-state index contributed by atoms with van der Waals surface area (Å²) in [4.78, 5) is 12.3. The topological polar surface area (TPSA) is 53.0 Å². The second-order valence-electron chi connectivity index (χ2n) is 5.94. The summed E-state index contributed by atoms with van der Waals surface area (Å²) in [5.41, 5.74) is 1.58. The maximum Gasteiger partial charge on any atom is 0.262 e. The average Bonchev–Trinajstić information content (AvgIpc) is 2.53. The van der Waals surface area contributed by atoms with Crippen LogP contribution >= 0.6 is 23.5 Å². The number of hydrogen-bond acceptors (Lipinski definition) is 4. The fraction of sp³-hybridized carbons (Fsp3) is 0.474. The van der Waals surface area contributed by atoms with Crippen molar-refractivity contribution in [2.75, 3.05) is 5.32 Å². The number of rotatable bonds is 9. The SMILES string of the molecule is CCCC(C)SC(C)c1ccccc1NC(=O)/C(=C\C(F)F)SC(C)=N. The molecule has 0 aliphatic rings. The first kappa shape index (κ1) is 22.7. The van der Waals surface area contributed by atoms with Crippen LogP contribution < -0.4 is 5.32 Å². The standard InChI is InChI=1S/C19H26F2N2OS2/c1-5-8-12(2)25-13(3)15-9-6-7-10-16(15)23-19(24)17(11-18(20)21)26-14(4)22/h6-7,9-13,18,22H,5,8H2,1-4H3,(H,23,24)/b17-11+,22-14?. The van der Waals surface area contributed by atoms with Crippen molar-refractivity contribution in [3.8, 4) is 0 Å². The number of alkyl halides is 2. The molecule has 0 aliphatic heterocycles. The number of halogens is 2. The number of nitrogens with one attached hydrogen (secondary N) is 2. The minimum Gasteiger partial charge on any atom is -0.321 e. The first-order chi connectivity index (χ1) is 12.2. The van der Waals surface area contributed by atoms with E-state index in [0.717, 1.165) is 30.2 Å². The smallest absolute Gasteiger partial charge is 0.262 e. The molecule has 7 heteroatoms. The van der Waals surface area contributed by atoms with Crippen molar-refractivity contribution < 1.29 is 13.6 Å². The third-order valence-electron chi connectivity index (χ3n) is 3.54. The zero-order chi connectivity index (χ0) is 19.7. The van der Waals surface area contributed by atoms with E-state index in [1.165, 1.54) is 6.92 Å². The lowest BCUT2D eigenvalue weighted by molar-refractivity contribution is -0.112. The van der Waals surface area contributed by atoms with Crippen LogP contribution in [0, 0.1) is 5.41 Å². The summed E-state index contributed by atoms with van der Waals surface area (Å²) in [6, 6.07) is 7.42. The Labute approximate surface area is 162 Å². The van der Waals surface area contributed by atoms with E-state index in [-0.39, 0.29) is 15.2 Å². The van der Waals surface area contributed by atoms with Crippen LogP contribution in [0.2, 0.25) is 0 Å². The predicted octanol–water partition coefficient (Wildman–Crippen LogP) is 6.49. The van der Waals surface area contributed by atoms with Crippen molar-refractivity contribution in [3.63, 3.8) is 0 Å². The molecule has 0 radical (unpaired) electrons. The van der Waals surface area contributed by atoms with E-state index < -0.39 is 12.3 Å². The Balaban J connectivity index is 2.98. The van der Waals surface area contributed by atoms with Gasteiger partial charge in [0, 0.05) is 22.3 Å². The van der Waals surface area contributed by atoms with Crippen molar-refractivity contribution in [1.29, 1.82) is 5.41 Å². The lowest BCUT2D eigenvalue weighted by atomic mass is 10.1. The average molecular weight is 401 g/mol. The Morgan fingerprint density at radius 1 is 1.31 bits per heavy atom. The van der Waals surface area contributed by atoms with Crippen LogP contribution in [0.3, 0.4) is 0 Å². The van der Waals surface area contributed by atoms with Gasteiger partial charge in [0.25, 0.3) is 12.3 Å². The van der Waals surface area contributed by atoms with E-state index in [2.05, 4.69) is 26.1 Å². The highest BCUT2D eigenvalue weighted by molar-refractivity contribution is 8.17. The quantitative estimate of drug-likeness (QED) is 0.283. The molecule has 0 saturated heterocycles. The van der Waals surface area contributed by atoms with Crippen LogP contribution in [0.15, 0.2) is 35.2 Å². The van der Waals surface area contributed by atoms with E-state index in [4.69, 9.17) is 5.41 Å². The van der Waals surface area contributed by atoms with Crippen LogP contribution in [-0.2, 0) is 4.79 Å². The Kier molecular flexibility index (Phi) is 9.94. The number of benzene rings is 1. The van der Waals surface area contributed by atoms with Gasteiger partial charge < -0.3 is 5.32 Å². The number of anilines is 1. The summed E-state index contributed by atoms with van der Waals surface area (Å²) < 4.78 is 25.4. The minimum absolute atomic E-state index is 0.0812.